The molecule has 214 valence electrons. The van der Waals surface area contributed by atoms with Gasteiger partial charge in [-0.15, -0.1) is 6.20 Å². The summed E-state index contributed by atoms with van der Waals surface area (Å²) in [5, 5.41) is 7.81. The van der Waals surface area contributed by atoms with Crippen LogP contribution in [0.5, 0.6) is 0 Å². The van der Waals surface area contributed by atoms with Gasteiger partial charge in [-0.3, -0.25) is 4.99 Å². The molecular weight excluding hydrogens is 669 g/mol. The molecule has 0 bridgehead atoms. The molecule has 0 saturated heterocycles. The first-order valence-electron chi connectivity index (χ1n) is 13.7. The van der Waals surface area contributed by atoms with Gasteiger partial charge >= 0.3 is 0 Å². The second kappa shape index (κ2) is 18.0. The molecule has 0 atom stereocenters. The van der Waals surface area contributed by atoms with E-state index in [1.165, 1.54) is 17.5 Å². The van der Waals surface area contributed by atoms with Crippen LogP contribution in [0.25, 0.3) is 22.6 Å². The molecule has 0 aliphatic heterocycles. The number of nitrogens with zero attached hydrogens (tertiary/aromatic N) is 3. The molecule has 5 aromatic rings. The predicted octanol–water partition coefficient (Wildman–Crippen LogP) is 8.82. The maximum atomic E-state index is 4.89. The van der Waals surface area contributed by atoms with Crippen molar-refractivity contribution < 1.29 is 25.8 Å². The Labute approximate surface area is 265 Å². The van der Waals surface area contributed by atoms with Crippen LogP contribution in [-0.4, -0.2) is 14.6 Å². The second-order valence-corrected chi connectivity index (χ2v) is 9.10. The molecule has 3 aromatic carbocycles. The Kier molecular flexibility index (Phi) is 15.6. The normalized spacial score (nSPS) is 10.2. The van der Waals surface area contributed by atoms with E-state index in [-0.39, 0.29) is 33.3 Å². The first-order valence-corrected chi connectivity index (χ1v) is 13.7. The van der Waals surface area contributed by atoms with Crippen molar-refractivity contribution in [3.8, 4) is 11.3 Å². The number of aromatic nitrogens is 3. The molecule has 0 saturated carbocycles. The average Bonchev–Trinajstić information content (AvgIpc) is 3.43. The quantitative estimate of drug-likeness (QED) is 0.137. The average molecular weight is 712 g/mol. The maximum absolute atomic E-state index is 4.89. The van der Waals surface area contributed by atoms with E-state index in [1.807, 2.05) is 44.2 Å². The first kappa shape index (κ1) is 35.5. The van der Waals surface area contributed by atoms with Gasteiger partial charge in [-0.1, -0.05) is 107 Å². The Balaban J connectivity index is 0.00000113. The number of hydrogen-bond donors (Lipinski definition) is 2. The van der Waals surface area contributed by atoms with E-state index >= 15 is 0 Å². The third kappa shape index (κ3) is 9.82. The zero-order valence-corrected chi connectivity index (χ0v) is 29.1. The number of aromatic amines is 1. The maximum Gasteiger partial charge on any atom is 0.149 e. The van der Waals surface area contributed by atoms with E-state index in [0.717, 1.165) is 44.9 Å². The Morgan fingerprint density at radius 1 is 0.976 bits per heavy atom. The molecule has 0 amide bonds. The number of aryl methyl sites for hydroxylation is 2. The second-order valence-electron chi connectivity index (χ2n) is 9.10. The van der Waals surface area contributed by atoms with Gasteiger partial charge in [0.2, 0.25) is 0 Å². The minimum Gasteiger partial charge on any atom is -0.406 e. The Hall–Kier alpha value is -3.51. The van der Waals surface area contributed by atoms with Crippen LogP contribution < -0.4 is 10.8 Å². The molecule has 0 radical (unpaired) electrons. The van der Waals surface area contributed by atoms with E-state index in [9.17, 15) is 0 Å². The third-order valence-corrected chi connectivity index (χ3v) is 5.81. The smallest absolute Gasteiger partial charge is 0.149 e. The molecule has 2 heterocycles. The van der Waals surface area contributed by atoms with Crippen molar-refractivity contribution in [3.63, 3.8) is 0 Å². The topological polar surface area (TPSA) is 57.5 Å². The number of anilines is 1. The van der Waals surface area contributed by atoms with Crippen molar-refractivity contribution in [1.29, 1.82) is 0 Å². The van der Waals surface area contributed by atoms with Gasteiger partial charge in [0.1, 0.15) is 5.49 Å². The van der Waals surface area contributed by atoms with E-state index in [2.05, 4.69) is 104 Å². The van der Waals surface area contributed by atoms with Gasteiger partial charge in [-0.25, -0.2) is 9.61 Å². The third-order valence-electron chi connectivity index (χ3n) is 5.81. The summed E-state index contributed by atoms with van der Waals surface area (Å²) in [6.45, 7) is 17.2. The fourth-order valence-corrected chi connectivity index (χ4v) is 3.94. The monoisotopic (exact) mass is 713 g/mol. The molecule has 41 heavy (non-hydrogen) atoms. The fourth-order valence-electron chi connectivity index (χ4n) is 3.94. The van der Waals surface area contributed by atoms with Gasteiger partial charge < -0.3 is 23.8 Å². The van der Waals surface area contributed by atoms with E-state index in [4.69, 9.17) is 4.99 Å². The van der Waals surface area contributed by atoms with Crippen LogP contribution >= 0.6 is 0 Å². The Bertz CT molecular complexity index is 1560. The van der Waals surface area contributed by atoms with Crippen molar-refractivity contribution in [2.75, 3.05) is 5.32 Å². The Morgan fingerprint density at radius 2 is 1.66 bits per heavy atom. The number of H-pyrrole nitrogens is 1. The molecular formula is C35H43HfN5-2. The minimum absolute atomic E-state index is 0. The SMILES string of the molecule is C=C(Nc1cccc(CN=c2cc(-c3ccccc3C)[nH]c3[c-]cnn23)c1)c1ccc(C)cc1.CC.CCC.[CH3-].[Hf]. The van der Waals surface area contributed by atoms with Crippen molar-refractivity contribution in [3.05, 3.63) is 133 Å². The molecule has 0 fully saturated rings. The van der Waals surface area contributed by atoms with Gasteiger partial charge in [0.05, 0.1) is 6.54 Å². The summed E-state index contributed by atoms with van der Waals surface area (Å²) >= 11 is 0. The zero-order valence-electron chi connectivity index (χ0n) is 25.5. The number of rotatable bonds is 6. The van der Waals surface area contributed by atoms with E-state index in [1.54, 1.807) is 10.7 Å². The van der Waals surface area contributed by atoms with Gasteiger partial charge in [-0.2, -0.15) is 0 Å². The number of fused-ring (bicyclic) bond motifs is 1. The standard InChI is InChI=1S/C29H26N5.C3H8.C2H6.CH3.Hf/c1-20-11-13-24(14-12-20)22(3)32-25-9-6-8-23(17-25)19-30-29-18-27(26-10-5-4-7-21(26)2)33-28-15-16-31-34(28)29;1-3-2;1-2;;/h4-14,16-18,32-33H,3,19H2,1-2H3;3H2,1-2H3;1-2H3;1H3;/q-1;;;-1;. The number of hydrogen-bond acceptors (Lipinski definition) is 3. The van der Waals surface area contributed by atoms with Crippen molar-refractivity contribution in [2.45, 2.75) is 54.5 Å². The summed E-state index contributed by atoms with van der Waals surface area (Å²) in [4.78, 5) is 8.31. The molecule has 5 rings (SSSR count). The van der Waals surface area contributed by atoms with Gasteiger partial charge in [0.15, 0.2) is 0 Å². The zero-order chi connectivity index (χ0) is 28.2. The van der Waals surface area contributed by atoms with Crippen molar-refractivity contribution in [2.24, 2.45) is 4.99 Å². The molecule has 0 spiro atoms. The van der Waals surface area contributed by atoms with E-state index in [0.29, 0.717) is 6.54 Å². The van der Waals surface area contributed by atoms with Crippen LogP contribution in [0.15, 0.2) is 96.6 Å². The van der Waals surface area contributed by atoms with Gasteiger partial charge in [0, 0.05) is 54.6 Å². The van der Waals surface area contributed by atoms with Crippen LogP contribution in [0.3, 0.4) is 0 Å². The largest absolute Gasteiger partial charge is 0.406 e. The van der Waals surface area contributed by atoms with Crippen LogP contribution in [0.2, 0.25) is 0 Å². The van der Waals surface area contributed by atoms with Crippen LogP contribution in [0.1, 0.15) is 56.4 Å². The molecule has 5 nitrogen and oxygen atoms in total. The van der Waals surface area contributed by atoms with Gasteiger partial charge in [-0.05, 0) is 48.3 Å². The van der Waals surface area contributed by atoms with Crippen LogP contribution in [0, 0.1) is 27.3 Å². The first-order chi connectivity index (χ1) is 19.0. The molecule has 2 N–H and O–H groups in total. The summed E-state index contributed by atoms with van der Waals surface area (Å²) < 4.78 is 1.78. The summed E-state index contributed by atoms with van der Waals surface area (Å²) in [5.74, 6) is 0. The van der Waals surface area contributed by atoms with Gasteiger partial charge in [0.25, 0.3) is 0 Å². The van der Waals surface area contributed by atoms with Crippen molar-refractivity contribution >= 4 is 17.0 Å². The molecule has 2 aromatic heterocycles. The summed E-state index contributed by atoms with van der Waals surface area (Å²) in [6, 6.07) is 30.1. The summed E-state index contributed by atoms with van der Waals surface area (Å²) in [7, 11) is 0. The Morgan fingerprint density at radius 3 is 2.34 bits per heavy atom. The number of nitrogens with one attached hydrogen (secondary N) is 2. The van der Waals surface area contributed by atoms with E-state index < -0.39 is 0 Å². The van der Waals surface area contributed by atoms with Crippen molar-refractivity contribution in [1.82, 2.24) is 14.6 Å². The molecule has 6 heteroatoms. The fraction of sp³-hybridized carbons (Fsp3) is 0.229. The molecule has 0 aliphatic rings. The van der Waals surface area contributed by atoms with Crippen LogP contribution in [0.4, 0.5) is 5.69 Å². The number of benzene rings is 3. The molecule has 0 aliphatic carbocycles. The summed E-state index contributed by atoms with van der Waals surface area (Å²) in [5.41, 5.74) is 10.1. The molecule has 0 unspecified atom stereocenters. The minimum atomic E-state index is 0. The predicted molar refractivity (Wildman–Crippen MR) is 172 cm³/mol. The summed E-state index contributed by atoms with van der Waals surface area (Å²) in [6.07, 6.45) is 2.91. The van der Waals surface area contributed by atoms with Crippen LogP contribution in [-0.2, 0) is 32.4 Å².